The van der Waals surface area contributed by atoms with Gasteiger partial charge in [0.25, 0.3) is 11.8 Å². The number of likely N-dealkylation sites (tertiary alicyclic amines) is 1. The van der Waals surface area contributed by atoms with Gasteiger partial charge in [0.05, 0.1) is 36.8 Å². The maximum atomic E-state index is 14.3. The van der Waals surface area contributed by atoms with E-state index in [9.17, 15) is 19.2 Å². The summed E-state index contributed by atoms with van der Waals surface area (Å²) < 4.78 is 12.7. The first-order valence-corrected chi connectivity index (χ1v) is 16.6. The van der Waals surface area contributed by atoms with Gasteiger partial charge in [-0.25, -0.2) is 0 Å². The maximum Gasteiger partial charge on any atom is 0.271 e. The zero-order valence-corrected chi connectivity index (χ0v) is 28.0. The van der Waals surface area contributed by atoms with E-state index in [0.717, 1.165) is 50.5 Å². The number of nitrogens with zero attached hydrogens (tertiary/aromatic N) is 4. The van der Waals surface area contributed by atoms with Gasteiger partial charge in [-0.2, -0.15) is 0 Å². The number of piperazine rings is 1. The van der Waals surface area contributed by atoms with Crippen LogP contribution in [-0.2, 0) is 21.4 Å². The molecule has 3 atom stereocenters. The summed E-state index contributed by atoms with van der Waals surface area (Å²) in [6.07, 6.45) is 6.66. The van der Waals surface area contributed by atoms with E-state index in [0.29, 0.717) is 61.7 Å². The fourth-order valence-corrected chi connectivity index (χ4v) is 7.92. The highest BCUT2D eigenvalue weighted by atomic mass is 16.5. The number of likely N-dealkylation sites (N-methyl/N-ethyl adjacent to an activating group) is 1. The fraction of sp³-hybridized carbons (Fsp3) is 0.647. The number of fused-ring (bicyclic) bond motifs is 1. The Kier molecular flexibility index (Phi) is 10.3. The Labute approximate surface area is 271 Å². The molecule has 46 heavy (non-hydrogen) atoms. The van der Waals surface area contributed by atoms with Gasteiger partial charge in [-0.3, -0.25) is 19.2 Å². The predicted octanol–water partition coefficient (Wildman–Crippen LogP) is 2.38. The van der Waals surface area contributed by atoms with Gasteiger partial charge in [-0.1, -0.05) is 19.3 Å². The van der Waals surface area contributed by atoms with Gasteiger partial charge in [0.15, 0.2) is 0 Å². The van der Waals surface area contributed by atoms with Crippen molar-refractivity contribution in [2.24, 2.45) is 24.6 Å². The lowest BCUT2D eigenvalue weighted by molar-refractivity contribution is -0.147. The SMILES string of the molecule is CNC(C)(C(N)=O)[C@@H](C(=O)N1CCN(C(=O)c2c(C(=O)N3CCC[C@H]3COC)c3ccc(OC)cc3n2C)CC1)C1CCCCC1. The van der Waals surface area contributed by atoms with E-state index in [4.69, 9.17) is 15.2 Å². The lowest BCUT2D eigenvalue weighted by Crippen LogP contribution is -2.64. The van der Waals surface area contributed by atoms with E-state index in [2.05, 4.69) is 5.32 Å². The smallest absolute Gasteiger partial charge is 0.271 e. The molecule has 2 saturated heterocycles. The summed E-state index contributed by atoms with van der Waals surface area (Å²) in [5.74, 6) is -0.968. The number of aryl methyl sites for hydroxylation is 1. The van der Waals surface area contributed by atoms with Gasteiger partial charge in [0.1, 0.15) is 17.0 Å². The number of nitrogens with one attached hydrogen (secondary N) is 1. The fourth-order valence-electron chi connectivity index (χ4n) is 7.92. The van der Waals surface area contributed by atoms with Crippen molar-refractivity contribution < 1.29 is 28.7 Å². The molecular formula is C34H50N6O6. The standard InChI is InChI=1S/C34H50N6O6/c1-34(36-2,33(35)44)28(22-10-7-6-8-11-22)31(42)38-16-18-39(19-17-38)32(43)29-27(30(41)40-15-9-12-23(40)21-45-4)25-14-13-24(46-5)20-26(25)37(29)3/h13-14,20,22-23,28,36H,6-12,15-19,21H2,1-5H3,(H2,35,44)/t23-,28+,34?/m0/s1. The Morgan fingerprint density at radius 2 is 1.63 bits per heavy atom. The molecule has 3 heterocycles. The van der Waals surface area contributed by atoms with E-state index >= 15 is 0 Å². The van der Waals surface area contributed by atoms with Gasteiger partial charge >= 0.3 is 0 Å². The van der Waals surface area contributed by atoms with Crippen molar-refractivity contribution in [2.45, 2.75) is 63.5 Å². The summed E-state index contributed by atoms with van der Waals surface area (Å²) in [6.45, 7) is 4.05. The molecule has 5 rings (SSSR count). The zero-order valence-electron chi connectivity index (χ0n) is 28.0. The minimum absolute atomic E-state index is 0.0516. The minimum atomic E-state index is -1.18. The maximum absolute atomic E-state index is 14.3. The average molecular weight is 639 g/mol. The van der Waals surface area contributed by atoms with Crippen molar-refractivity contribution in [2.75, 3.05) is 60.6 Å². The molecule has 0 radical (unpaired) electrons. The van der Waals surface area contributed by atoms with E-state index in [-0.39, 0.29) is 29.7 Å². The molecule has 3 aliphatic rings. The van der Waals surface area contributed by atoms with Gasteiger partial charge < -0.3 is 39.8 Å². The number of methoxy groups -OCH3 is 2. The number of hydrogen-bond acceptors (Lipinski definition) is 7. The highest BCUT2D eigenvalue weighted by Gasteiger charge is 2.49. The van der Waals surface area contributed by atoms with Crippen molar-refractivity contribution in [3.8, 4) is 5.75 Å². The number of nitrogens with two attached hydrogens (primary N) is 1. The van der Waals surface area contributed by atoms with E-state index in [1.807, 2.05) is 23.1 Å². The van der Waals surface area contributed by atoms with Gasteiger partial charge in [-0.15, -0.1) is 0 Å². The van der Waals surface area contributed by atoms with Crippen LogP contribution < -0.4 is 15.8 Å². The molecule has 0 spiro atoms. The monoisotopic (exact) mass is 638 g/mol. The number of carbonyl (C=O) groups is 4. The van der Waals surface area contributed by atoms with E-state index < -0.39 is 17.4 Å². The molecule has 252 valence electrons. The molecule has 2 aromatic rings. The van der Waals surface area contributed by atoms with Crippen LogP contribution in [-0.4, -0.2) is 115 Å². The number of aromatic nitrogens is 1. The Balaban J connectivity index is 1.42. The summed E-state index contributed by atoms with van der Waals surface area (Å²) in [7, 11) is 6.71. The molecule has 12 heteroatoms. The Morgan fingerprint density at radius 3 is 2.24 bits per heavy atom. The summed E-state index contributed by atoms with van der Waals surface area (Å²) in [5, 5.41) is 3.78. The van der Waals surface area contributed by atoms with Crippen LogP contribution in [0.3, 0.4) is 0 Å². The van der Waals surface area contributed by atoms with Crippen molar-refractivity contribution in [3.05, 3.63) is 29.5 Å². The lowest BCUT2D eigenvalue weighted by atomic mass is 9.69. The van der Waals surface area contributed by atoms with Crippen LogP contribution >= 0.6 is 0 Å². The van der Waals surface area contributed by atoms with Crippen molar-refractivity contribution >= 4 is 34.5 Å². The molecule has 0 bridgehead atoms. The number of ether oxygens (including phenoxy) is 2. The third-order valence-corrected chi connectivity index (χ3v) is 10.7. The Hall–Kier alpha value is -3.64. The number of hydrogen-bond donors (Lipinski definition) is 2. The van der Waals surface area contributed by atoms with E-state index in [1.165, 1.54) is 0 Å². The summed E-state index contributed by atoms with van der Waals surface area (Å²) in [4.78, 5) is 60.8. The molecule has 1 aromatic carbocycles. The highest BCUT2D eigenvalue weighted by molar-refractivity contribution is 6.16. The molecule has 4 amide bonds. The van der Waals surface area contributed by atoms with Crippen LogP contribution in [0.15, 0.2) is 18.2 Å². The first-order valence-electron chi connectivity index (χ1n) is 16.6. The summed E-state index contributed by atoms with van der Waals surface area (Å²) in [6, 6.07) is 5.45. The first kappa shape index (κ1) is 33.7. The third kappa shape index (κ3) is 6.09. The number of amides is 4. The van der Waals surface area contributed by atoms with Gasteiger partial charge in [0, 0.05) is 58.3 Å². The molecule has 3 N–H and O–H groups in total. The van der Waals surface area contributed by atoms with Crippen molar-refractivity contribution in [1.29, 1.82) is 0 Å². The van der Waals surface area contributed by atoms with Gasteiger partial charge in [-0.05, 0) is 57.7 Å². The van der Waals surface area contributed by atoms with Crippen LogP contribution in [0.25, 0.3) is 10.9 Å². The minimum Gasteiger partial charge on any atom is -0.497 e. The molecular weight excluding hydrogens is 588 g/mol. The largest absolute Gasteiger partial charge is 0.497 e. The van der Waals surface area contributed by atoms with Crippen LogP contribution in [0.2, 0.25) is 0 Å². The van der Waals surface area contributed by atoms with Crippen molar-refractivity contribution in [3.63, 3.8) is 0 Å². The number of carbonyl (C=O) groups excluding carboxylic acids is 4. The Morgan fingerprint density at radius 1 is 0.957 bits per heavy atom. The average Bonchev–Trinajstić information content (AvgIpc) is 3.66. The second-order valence-corrected chi connectivity index (χ2v) is 13.2. The highest BCUT2D eigenvalue weighted by Crippen LogP contribution is 2.38. The molecule has 12 nitrogen and oxygen atoms in total. The second kappa shape index (κ2) is 14.0. The zero-order chi connectivity index (χ0) is 33.2. The summed E-state index contributed by atoms with van der Waals surface area (Å²) >= 11 is 0. The van der Waals surface area contributed by atoms with Crippen LogP contribution in [0.4, 0.5) is 0 Å². The molecule has 1 aliphatic carbocycles. The number of benzene rings is 1. The Bertz CT molecular complexity index is 1460. The molecule has 1 unspecified atom stereocenters. The van der Waals surface area contributed by atoms with E-state index in [1.54, 1.807) is 49.6 Å². The van der Waals surface area contributed by atoms with Crippen molar-refractivity contribution in [1.82, 2.24) is 24.6 Å². The molecule has 2 aliphatic heterocycles. The molecule has 1 saturated carbocycles. The van der Waals surface area contributed by atoms with Crippen LogP contribution in [0.1, 0.15) is 72.7 Å². The van der Waals surface area contributed by atoms with Gasteiger partial charge in [0.2, 0.25) is 11.8 Å². The topological polar surface area (TPSA) is 139 Å². The normalized spacial score (nSPS) is 21.3. The first-order chi connectivity index (χ1) is 22.1. The second-order valence-electron chi connectivity index (χ2n) is 13.2. The number of primary amides is 1. The van der Waals surface area contributed by atoms with Crippen LogP contribution in [0, 0.1) is 11.8 Å². The van der Waals surface area contributed by atoms with Crippen LogP contribution in [0.5, 0.6) is 5.75 Å². The summed E-state index contributed by atoms with van der Waals surface area (Å²) in [5.41, 5.74) is 6.15. The predicted molar refractivity (Wildman–Crippen MR) is 175 cm³/mol. The molecule has 3 fully saturated rings. The lowest BCUT2D eigenvalue weighted by Gasteiger charge is -2.44. The quantitative estimate of drug-likeness (QED) is 0.408. The third-order valence-electron chi connectivity index (χ3n) is 10.7. The molecule has 1 aromatic heterocycles. The number of rotatable bonds is 10.